The molecule has 0 aliphatic rings. The number of para-hydroxylation sites is 1. The molecule has 0 saturated heterocycles. The number of hydrogen-bond acceptors (Lipinski definition) is 4. The molecule has 5 nitrogen and oxygen atoms in total. The Hall–Kier alpha value is -2.82. The van der Waals surface area contributed by atoms with E-state index in [-0.39, 0.29) is 18.3 Å². The molecule has 0 spiro atoms. The molecule has 5 heteroatoms. The first kappa shape index (κ1) is 16.5. The largest absolute Gasteiger partial charge is 0.496 e. The van der Waals surface area contributed by atoms with Crippen molar-refractivity contribution in [1.82, 2.24) is 5.32 Å². The molecule has 0 fully saturated rings. The fraction of sp³-hybridized carbons (Fsp3) is 0.222. The fourth-order valence-electron chi connectivity index (χ4n) is 2.16. The highest BCUT2D eigenvalue weighted by Gasteiger charge is 2.08. The highest BCUT2D eigenvalue weighted by Crippen LogP contribution is 2.17. The van der Waals surface area contributed by atoms with Crippen LogP contribution in [-0.4, -0.2) is 26.1 Å². The van der Waals surface area contributed by atoms with Gasteiger partial charge in [0.05, 0.1) is 26.2 Å². The van der Waals surface area contributed by atoms with E-state index in [0.29, 0.717) is 17.9 Å². The van der Waals surface area contributed by atoms with Crippen molar-refractivity contribution in [2.24, 2.45) is 0 Å². The van der Waals surface area contributed by atoms with Gasteiger partial charge >= 0.3 is 5.97 Å². The Kier molecular flexibility index (Phi) is 5.74. The smallest absolute Gasteiger partial charge is 0.337 e. The van der Waals surface area contributed by atoms with Gasteiger partial charge in [-0.3, -0.25) is 4.79 Å². The second-order valence-corrected chi connectivity index (χ2v) is 4.95. The molecule has 2 aromatic rings. The maximum atomic E-state index is 12.0. The van der Waals surface area contributed by atoms with Gasteiger partial charge in [-0.2, -0.15) is 0 Å². The molecular weight excluding hydrogens is 294 g/mol. The van der Waals surface area contributed by atoms with Gasteiger partial charge in [0, 0.05) is 12.1 Å². The van der Waals surface area contributed by atoms with E-state index in [9.17, 15) is 9.59 Å². The van der Waals surface area contributed by atoms with Gasteiger partial charge in [-0.1, -0.05) is 30.3 Å². The third-order valence-corrected chi connectivity index (χ3v) is 3.41. The lowest BCUT2D eigenvalue weighted by atomic mass is 10.1. The first-order valence-corrected chi connectivity index (χ1v) is 7.20. The minimum Gasteiger partial charge on any atom is -0.496 e. The molecule has 0 aromatic heterocycles. The summed E-state index contributed by atoms with van der Waals surface area (Å²) in [6, 6.07) is 14.4. The first-order valence-electron chi connectivity index (χ1n) is 7.20. The Bertz CT molecular complexity index is 680. The predicted octanol–water partition coefficient (Wildman–Crippen LogP) is 2.34. The van der Waals surface area contributed by atoms with Crippen molar-refractivity contribution in [2.45, 2.75) is 13.0 Å². The zero-order valence-corrected chi connectivity index (χ0v) is 13.2. The molecule has 120 valence electrons. The van der Waals surface area contributed by atoms with Gasteiger partial charge < -0.3 is 14.8 Å². The van der Waals surface area contributed by atoms with Crippen LogP contribution in [0.5, 0.6) is 5.75 Å². The fourth-order valence-corrected chi connectivity index (χ4v) is 2.16. The summed E-state index contributed by atoms with van der Waals surface area (Å²) in [4.78, 5) is 23.4. The molecule has 2 aromatic carbocycles. The number of carbonyl (C=O) groups is 2. The van der Waals surface area contributed by atoms with Crippen LogP contribution in [0.4, 0.5) is 0 Å². The summed E-state index contributed by atoms with van der Waals surface area (Å²) < 4.78 is 9.87. The third-order valence-electron chi connectivity index (χ3n) is 3.41. The van der Waals surface area contributed by atoms with Crippen molar-refractivity contribution in [1.29, 1.82) is 0 Å². The third kappa shape index (κ3) is 4.57. The molecule has 23 heavy (non-hydrogen) atoms. The van der Waals surface area contributed by atoms with E-state index in [1.165, 1.54) is 7.11 Å². The molecule has 0 aliphatic heterocycles. The van der Waals surface area contributed by atoms with Crippen LogP contribution in [0.15, 0.2) is 48.5 Å². The second kappa shape index (κ2) is 7.98. The minimum absolute atomic E-state index is 0.0912. The van der Waals surface area contributed by atoms with E-state index in [0.717, 1.165) is 11.1 Å². The number of rotatable bonds is 6. The van der Waals surface area contributed by atoms with Crippen LogP contribution in [0.25, 0.3) is 0 Å². The summed E-state index contributed by atoms with van der Waals surface area (Å²) in [6.45, 7) is 0.398. The molecule has 1 N–H and O–H groups in total. The van der Waals surface area contributed by atoms with Crippen molar-refractivity contribution in [3.05, 3.63) is 65.2 Å². The lowest BCUT2D eigenvalue weighted by Crippen LogP contribution is -2.24. The van der Waals surface area contributed by atoms with E-state index in [2.05, 4.69) is 10.1 Å². The SMILES string of the molecule is COC(=O)c1ccc(CNC(=O)Cc2ccccc2OC)cc1. The van der Waals surface area contributed by atoms with Crippen molar-refractivity contribution < 1.29 is 19.1 Å². The molecule has 0 saturated carbocycles. The lowest BCUT2D eigenvalue weighted by Gasteiger charge is -2.09. The maximum Gasteiger partial charge on any atom is 0.337 e. The van der Waals surface area contributed by atoms with E-state index in [4.69, 9.17) is 4.74 Å². The standard InChI is InChI=1S/C18H19NO4/c1-22-16-6-4-3-5-15(16)11-17(20)19-12-13-7-9-14(10-8-13)18(21)23-2/h3-10H,11-12H2,1-2H3,(H,19,20). The molecule has 0 bridgehead atoms. The summed E-state index contributed by atoms with van der Waals surface area (Å²) in [5, 5.41) is 2.85. The van der Waals surface area contributed by atoms with Gasteiger partial charge in [0.2, 0.25) is 5.91 Å². The van der Waals surface area contributed by atoms with Crippen molar-refractivity contribution in [2.75, 3.05) is 14.2 Å². The Morgan fingerprint density at radius 3 is 2.35 bits per heavy atom. The number of carbonyl (C=O) groups excluding carboxylic acids is 2. The predicted molar refractivity (Wildman–Crippen MR) is 86.3 cm³/mol. The van der Waals surface area contributed by atoms with Crippen LogP contribution in [0.3, 0.4) is 0 Å². The van der Waals surface area contributed by atoms with Crippen LogP contribution in [-0.2, 0) is 22.5 Å². The van der Waals surface area contributed by atoms with Crippen LogP contribution in [0, 0.1) is 0 Å². The quantitative estimate of drug-likeness (QED) is 0.831. The zero-order valence-electron chi connectivity index (χ0n) is 13.2. The molecular formula is C18H19NO4. The lowest BCUT2D eigenvalue weighted by molar-refractivity contribution is -0.120. The number of hydrogen-bond donors (Lipinski definition) is 1. The number of methoxy groups -OCH3 is 2. The molecule has 0 aliphatic carbocycles. The summed E-state index contributed by atoms with van der Waals surface area (Å²) in [6.07, 6.45) is 0.254. The van der Waals surface area contributed by atoms with E-state index in [1.54, 1.807) is 31.4 Å². The summed E-state index contributed by atoms with van der Waals surface area (Å²) in [5.74, 6) is 0.230. The molecule has 0 heterocycles. The average Bonchev–Trinajstić information content (AvgIpc) is 2.60. The summed E-state index contributed by atoms with van der Waals surface area (Å²) in [7, 11) is 2.92. The van der Waals surface area contributed by atoms with Gasteiger partial charge in [-0.25, -0.2) is 4.79 Å². The van der Waals surface area contributed by atoms with Crippen molar-refractivity contribution >= 4 is 11.9 Å². The summed E-state index contributed by atoms with van der Waals surface area (Å²) >= 11 is 0. The first-order chi connectivity index (χ1) is 11.1. The normalized spacial score (nSPS) is 10.0. The van der Waals surface area contributed by atoms with Crippen LogP contribution in [0.2, 0.25) is 0 Å². The van der Waals surface area contributed by atoms with Crippen LogP contribution < -0.4 is 10.1 Å². The number of benzene rings is 2. The van der Waals surface area contributed by atoms with Gasteiger partial charge in [0.25, 0.3) is 0 Å². The zero-order chi connectivity index (χ0) is 16.7. The monoisotopic (exact) mass is 313 g/mol. The Morgan fingerprint density at radius 1 is 1.00 bits per heavy atom. The van der Waals surface area contributed by atoms with Crippen molar-refractivity contribution in [3.63, 3.8) is 0 Å². The average molecular weight is 313 g/mol. The minimum atomic E-state index is -0.378. The van der Waals surface area contributed by atoms with Crippen molar-refractivity contribution in [3.8, 4) is 5.75 Å². The molecule has 0 radical (unpaired) electrons. The number of esters is 1. The Labute approximate surface area is 135 Å². The Morgan fingerprint density at radius 2 is 1.70 bits per heavy atom. The van der Waals surface area contributed by atoms with Crippen LogP contribution >= 0.6 is 0 Å². The van der Waals surface area contributed by atoms with Gasteiger partial charge in [0.15, 0.2) is 0 Å². The van der Waals surface area contributed by atoms with Gasteiger partial charge in [0.1, 0.15) is 5.75 Å². The molecule has 2 rings (SSSR count). The second-order valence-electron chi connectivity index (χ2n) is 4.95. The summed E-state index contributed by atoms with van der Waals surface area (Å²) in [5.41, 5.74) is 2.23. The van der Waals surface area contributed by atoms with E-state index in [1.807, 2.05) is 24.3 Å². The highest BCUT2D eigenvalue weighted by molar-refractivity contribution is 5.89. The molecule has 0 unspecified atom stereocenters. The van der Waals surface area contributed by atoms with Crippen LogP contribution in [0.1, 0.15) is 21.5 Å². The number of amides is 1. The number of ether oxygens (including phenoxy) is 2. The molecule has 0 atom stereocenters. The van der Waals surface area contributed by atoms with E-state index < -0.39 is 0 Å². The van der Waals surface area contributed by atoms with Gasteiger partial charge in [-0.05, 0) is 23.8 Å². The van der Waals surface area contributed by atoms with Gasteiger partial charge in [-0.15, -0.1) is 0 Å². The maximum absolute atomic E-state index is 12.0. The topological polar surface area (TPSA) is 64.6 Å². The Balaban J connectivity index is 1.90. The highest BCUT2D eigenvalue weighted by atomic mass is 16.5. The molecule has 1 amide bonds. The number of nitrogens with one attached hydrogen (secondary N) is 1. The van der Waals surface area contributed by atoms with E-state index >= 15 is 0 Å².